The van der Waals surface area contributed by atoms with E-state index >= 15 is 0 Å². The first-order valence-corrected chi connectivity index (χ1v) is 32.2. The van der Waals surface area contributed by atoms with Crippen LogP contribution in [-0.2, 0) is 11.8 Å². The zero-order valence-electron chi connectivity index (χ0n) is 51.3. The van der Waals surface area contributed by atoms with Crippen LogP contribution >= 0.6 is 0 Å². The minimum Gasteiger partial charge on any atom is -0.493 e. The number of hydrogen-bond donors (Lipinski definition) is 0. The van der Waals surface area contributed by atoms with Crippen molar-refractivity contribution in [1.82, 2.24) is 0 Å². The van der Waals surface area contributed by atoms with Crippen molar-refractivity contribution in [2.75, 3.05) is 18.1 Å². The predicted molar refractivity (Wildman–Crippen MR) is 358 cm³/mol. The molecule has 2 aliphatic rings. The summed E-state index contributed by atoms with van der Waals surface area (Å²) < 4.78 is 27.2. The lowest BCUT2D eigenvalue weighted by molar-refractivity contribution is 0.310. The predicted octanol–water partition coefficient (Wildman–Crippen LogP) is 24.0. The highest BCUT2D eigenvalue weighted by Gasteiger charge is 2.42. The molecule has 0 saturated carbocycles. The standard InChI is InChI=1S/C79H91NO4/c1-8-13-18-22-24-28-45-79(46-29-25-23-19-14-9-2)69-49-57(6)33-41-64(69)65-42-36-60(51-70(65)79)61-37-43-71-77(52-61)84-78-53-62(38-44-72(78)80(71)63-39-34-59(35-40-63)32-17-12-5)66-54-76-68(56-74(66)82-48-31-27-21-16-11-4)67-55-73(58(7)50-75(67)83-76)81-47-30-26-20-15-10-3/h10-11,15-16,20-21,33-44,49-56H,3-4,8-9,12-14,17-19,22-32,45-48H2,1-2,5-7H3/b20-15+,21-16+. The van der Waals surface area contributed by atoms with Gasteiger partial charge in [-0.3, -0.25) is 0 Å². The van der Waals surface area contributed by atoms with Crippen LogP contribution in [0.1, 0.15) is 177 Å². The molecule has 0 spiro atoms. The van der Waals surface area contributed by atoms with Gasteiger partial charge in [-0.15, -0.1) is 0 Å². The van der Waals surface area contributed by atoms with E-state index in [0.717, 1.165) is 116 Å². The molecule has 10 rings (SSSR count). The highest BCUT2D eigenvalue weighted by molar-refractivity contribution is 6.08. The Morgan fingerprint density at radius 1 is 0.488 bits per heavy atom. The summed E-state index contributed by atoms with van der Waals surface area (Å²) in [5.74, 6) is 3.28. The molecule has 1 aliphatic carbocycles. The van der Waals surface area contributed by atoms with E-state index in [1.807, 2.05) is 24.3 Å². The fraction of sp³-hybridized carbons (Fsp3) is 0.367. The van der Waals surface area contributed by atoms with Gasteiger partial charge in [0.25, 0.3) is 0 Å². The van der Waals surface area contributed by atoms with Crippen molar-refractivity contribution in [2.45, 2.75) is 175 Å². The Balaban J connectivity index is 1.04. The lowest BCUT2D eigenvalue weighted by Crippen LogP contribution is -2.25. The SMILES string of the molecule is C=C/C=C/CCCOc1cc2c(cc1C)oc1cc(-c3ccc4c(c3)Oc3cc(-c5ccc6c(c5)C(CCCCCCCC)(CCCCCCCC)c5cc(C)ccc5-6)ccc3N4c3ccc(CCCC)cc3)c(OCCC/C=C/C=C)cc12. The van der Waals surface area contributed by atoms with Crippen LogP contribution in [0.25, 0.3) is 55.3 Å². The van der Waals surface area contributed by atoms with Crippen molar-refractivity contribution in [3.8, 4) is 56.4 Å². The molecule has 0 amide bonds. The number of ether oxygens (including phenoxy) is 3. The van der Waals surface area contributed by atoms with Gasteiger partial charge >= 0.3 is 0 Å². The van der Waals surface area contributed by atoms with Crippen molar-refractivity contribution in [3.05, 3.63) is 199 Å². The number of nitrogens with zero attached hydrogens (tertiary/aromatic N) is 1. The Kier molecular flexibility index (Phi) is 20.5. The Hall–Kier alpha value is -7.50. The zero-order valence-corrected chi connectivity index (χ0v) is 51.3. The monoisotopic (exact) mass is 1120 g/mol. The largest absolute Gasteiger partial charge is 0.493 e. The number of anilines is 3. The van der Waals surface area contributed by atoms with Gasteiger partial charge in [0, 0.05) is 27.4 Å². The third-order valence-corrected chi connectivity index (χ3v) is 17.7. The van der Waals surface area contributed by atoms with Crippen LogP contribution in [0.2, 0.25) is 0 Å². The highest BCUT2D eigenvalue weighted by atomic mass is 16.5. The average molecular weight is 1120 g/mol. The van der Waals surface area contributed by atoms with Crippen molar-refractivity contribution in [1.29, 1.82) is 0 Å². The van der Waals surface area contributed by atoms with Gasteiger partial charge in [-0.05, 0) is 182 Å². The molecule has 8 aromatic rings. The number of hydrogen-bond acceptors (Lipinski definition) is 5. The zero-order chi connectivity index (χ0) is 58.3. The van der Waals surface area contributed by atoms with Gasteiger partial charge in [-0.25, -0.2) is 0 Å². The minimum atomic E-state index is -0.0156. The molecule has 1 aromatic heterocycles. The quantitative estimate of drug-likeness (QED) is 0.0311. The maximum atomic E-state index is 7.27. The summed E-state index contributed by atoms with van der Waals surface area (Å²) in [4.78, 5) is 2.38. The molecule has 0 fully saturated rings. The van der Waals surface area contributed by atoms with Crippen molar-refractivity contribution in [3.63, 3.8) is 0 Å². The van der Waals surface area contributed by atoms with Crippen LogP contribution in [0.15, 0.2) is 175 Å². The van der Waals surface area contributed by atoms with Gasteiger partial charge in [0.05, 0.1) is 24.6 Å². The van der Waals surface area contributed by atoms with Gasteiger partial charge in [0.2, 0.25) is 0 Å². The summed E-state index contributed by atoms with van der Waals surface area (Å²) in [6, 6.07) is 45.9. The third-order valence-electron chi connectivity index (χ3n) is 17.7. The number of allylic oxidation sites excluding steroid dienone is 6. The van der Waals surface area contributed by atoms with E-state index < -0.39 is 0 Å². The summed E-state index contributed by atoms with van der Waals surface area (Å²) >= 11 is 0. The molecule has 7 aromatic carbocycles. The van der Waals surface area contributed by atoms with Crippen molar-refractivity contribution in [2.24, 2.45) is 0 Å². The molecule has 84 heavy (non-hydrogen) atoms. The maximum absolute atomic E-state index is 7.27. The van der Waals surface area contributed by atoms with Gasteiger partial charge in [0.1, 0.15) is 22.7 Å². The molecule has 5 heteroatoms. The molecule has 0 atom stereocenters. The Labute approximate surface area is 503 Å². The Bertz CT molecular complexity index is 3570. The maximum Gasteiger partial charge on any atom is 0.152 e. The number of unbranched alkanes of at least 4 members (excludes halogenated alkanes) is 13. The van der Waals surface area contributed by atoms with E-state index in [-0.39, 0.29) is 5.41 Å². The van der Waals surface area contributed by atoms with Crippen LogP contribution in [0.3, 0.4) is 0 Å². The van der Waals surface area contributed by atoms with Crippen LogP contribution in [0.5, 0.6) is 23.0 Å². The molecule has 1 aliphatic heterocycles. The van der Waals surface area contributed by atoms with Gasteiger partial charge in [-0.2, -0.15) is 0 Å². The Morgan fingerprint density at radius 2 is 1.02 bits per heavy atom. The third kappa shape index (κ3) is 13.5. The fourth-order valence-electron chi connectivity index (χ4n) is 13.1. The molecule has 0 N–H and O–H groups in total. The lowest BCUT2D eigenvalue weighted by Gasteiger charge is -2.34. The molecular formula is C79H91NO4. The first-order chi connectivity index (χ1) is 41.3. The van der Waals surface area contributed by atoms with E-state index in [2.05, 4.69) is 186 Å². The molecule has 0 radical (unpaired) electrons. The highest BCUT2D eigenvalue weighted by Crippen LogP contribution is 2.57. The summed E-state index contributed by atoms with van der Waals surface area (Å²) in [6.07, 6.45) is 36.9. The molecule has 0 bridgehead atoms. The number of furan rings is 1. The second-order valence-electron chi connectivity index (χ2n) is 23.9. The van der Waals surface area contributed by atoms with E-state index in [1.165, 1.54) is 136 Å². The summed E-state index contributed by atoms with van der Waals surface area (Å²) in [5.41, 5.74) is 18.7. The molecular weight excluding hydrogens is 1030 g/mol. The summed E-state index contributed by atoms with van der Waals surface area (Å²) in [5, 5.41) is 2.00. The van der Waals surface area contributed by atoms with Crippen LogP contribution in [-0.4, -0.2) is 13.2 Å². The van der Waals surface area contributed by atoms with Gasteiger partial charge < -0.3 is 23.5 Å². The molecule has 2 heterocycles. The first-order valence-electron chi connectivity index (χ1n) is 32.2. The normalized spacial score (nSPS) is 13.1. The number of aryl methyl sites for hydroxylation is 3. The average Bonchev–Trinajstić information content (AvgIpc) is 3.54. The van der Waals surface area contributed by atoms with Crippen LogP contribution in [0.4, 0.5) is 17.1 Å². The molecule has 436 valence electrons. The Morgan fingerprint density at radius 3 is 1.67 bits per heavy atom. The van der Waals surface area contributed by atoms with E-state index in [9.17, 15) is 0 Å². The fourth-order valence-corrected chi connectivity index (χ4v) is 13.1. The molecule has 5 nitrogen and oxygen atoms in total. The summed E-state index contributed by atoms with van der Waals surface area (Å²) in [6.45, 7) is 20.1. The second kappa shape index (κ2) is 28.9. The van der Waals surface area contributed by atoms with Crippen molar-refractivity contribution < 1.29 is 18.6 Å². The van der Waals surface area contributed by atoms with Gasteiger partial charge in [-0.1, -0.05) is 214 Å². The van der Waals surface area contributed by atoms with Crippen LogP contribution < -0.4 is 19.1 Å². The number of benzene rings is 7. The topological polar surface area (TPSA) is 44.1 Å². The van der Waals surface area contributed by atoms with Crippen molar-refractivity contribution >= 4 is 39.0 Å². The minimum absolute atomic E-state index is 0.0156. The van der Waals surface area contributed by atoms with Gasteiger partial charge in [0.15, 0.2) is 11.5 Å². The second-order valence-corrected chi connectivity index (χ2v) is 23.9. The summed E-state index contributed by atoms with van der Waals surface area (Å²) in [7, 11) is 0. The smallest absolute Gasteiger partial charge is 0.152 e. The van der Waals surface area contributed by atoms with Crippen LogP contribution in [0, 0.1) is 13.8 Å². The number of rotatable bonds is 32. The van der Waals surface area contributed by atoms with E-state index in [4.69, 9.17) is 18.6 Å². The lowest BCUT2D eigenvalue weighted by atomic mass is 9.70. The first kappa shape index (κ1) is 59.7. The molecule has 0 saturated heterocycles. The molecule has 0 unspecified atom stereocenters. The van der Waals surface area contributed by atoms with E-state index in [1.54, 1.807) is 5.56 Å². The van der Waals surface area contributed by atoms with E-state index in [0.29, 0.717) is 13.2 Å². The number of fused-ring (bicyclic) bond motifs is 8.